The molecule has 0 fully saturated rings. The number of halogens is 2. The average Bonchev–Trinajstić information content (AvgIpc) is 2.69. The molecule has 0 radical (unpaired) electrons. The minimum Gasteiger partial charge on any atom is -0.493 e. The van der Waals surface area contributed by atoms with E-state index in [9.17, 15) is 4.79 Å². The Morgan fingerprint density at radius 2 is 1.61 bits per heavy atom. The predicted molar refractivity (Wildman–Crippen MR) is 108 cm³/mol. The van der Waals surface area contributed by atoms with Crippen LogP contribution < -0.4 is 18.9 Å². The Morgan fingerprint density at radius 1 is 0.929 bits per heavy atom. The molecule has 0 spiro atoms. The zero-order valence-corrected chi connectivity index (χ0v) is 17.2. The van der Waals surface area contributed by atoms with Crippen molar-refractivity contribution in [1.29, 1.82) is 0 Å². The van der Waals surface area contributed by atoms with Crippen molar-refractivity contribution in [1.82, 2.24) is 0 Å². The normalized spacial score (nSPS) is 10.6. The Balaban J connectivity index is 1.89. The number of ether oxygens (including phenoxy) is 5. The molecule has 28 heavy (non-hydrogen) atoms. The van der Waals surface area contributed by atoms with E-state index in [0.717, 1.165) is 0 Å². The maximum Gasteiger partial charge on any atom is 0.330 e. The first-order valence-corrected chi connectivity index (χ1v) is 8.96. The molecular weight excluding hydrogens is 407 g/mol. The monoisotopic (exact) mass is 426 g/mol. The summed E-state index contributed by atoms with van der Waals surface area (Å²) in [7, 11) is 4.56. The molecule has 2 aromatic carbocycles. The highest BCUT2D eigenvalue weighted by Crippen LogP contribution is 2.38. The van der Waals surface area contributed by atoms with Crippen molar-refractivity contribution in [3.63, 3.8) is 0 Å². The van der Waals surface area contributed by atoms with Gasteiger partial charge in [0, 0.05) is 11.1 Å². The molecule has 8 heteroatoms. The number of rotatable bonds is 9. The van der Waals surface area contributed by atoms with Crippen molar-refractivity contribution < 1.29 is 28.5 Å². The van der Waals surface area contributed by atoms with Crippen molar-refractivity contribution in [3.05, 3.63) is 52.0 Å². The second-order valence-electron chi connectivity index (χ2n) is 5.38. The number of hydrogen-bond donors (Lipinski definition) is 0. The van der Waals surface area contributed by atoms with Crippen LogP contribution in [-0.4, -0.2) is 40.5 Å². The van der Waals surface area contributed by atoms with Gasteiger partial charge in [-0.1, -0.05) is 23.2 Å². The number of hydrogen-bond acceptors (Lipinski definition) is 6. The Morgan fingerprint density at radius 3 is 2.18 bits per heavy atom. The van der Waals surface area contributed by atoms with Gasteiger partial charge in [-0.2, -0.15) is 0 Å². The van der Waals surface area contributed by atoms with Gasteiger partial charge in [0.25, 0.3) is 0 Å². The van der Waals surface area contributed by atoms with Crippen LogP contribution in [-0.2, 0) is 9.53 Å². The van der Waals surface area contributed by atoms with E-state index in [0.29, 0.717) is 38.6 Å². The van der Waals surface area contributed by atoms with E-state index in [1.807, 2.05) is 0 Å². The van der Waals surface area contributed by atoms with Gasteiger partial charge < -0.3 is 23.7 Å². The van der Waals surface area contributed by atoms with Crippen molar-refractivity contribution in [2.24, 2.45) is 0 Å². The SMILES string of the molecule is COc1cc(C=CC(=O)OCCOc2ccc(Cl)cc2Cl)cc(OC)c1OC. The van der Waals surface area contributed by atoms with Crippen LogP contribution in [0.2, 0.25) is 10.0 Å². The number of benzene rings is 2. The lowest BCUT2D eigenvalue weighted by atomic mass is 10.1. The molecule has 0 aliphatic rings. The third kappa shape index (κ3) is 5.97. The Kier molecular flexibility index (Phi) is 8.29. The summed E-state index contributed by atoms with van der Waals surface area (Å²) < 4.78 is 26.4. The molecule has 0 N–H and O–H groups in total. The highest BCUT2D eigenvalue weighted by molar-refractivity contribution is 6.35. The summed E-state index contributed by atoms with van der Waals surface area (Å²) in [5.74, 6) is 1.41. The molecule has 0 aliphatic carbocycles. The highest BCUT2D eigenvalue weighted by Gasteiger charge is 2.12. The van der Waals surface area contributed by atoms with E-state index in [1.165, 1.54) is 27.4 Å². The van der Waals surface area contributed by atoms with Crippen LogP contribution in [0.5, 0.6) is 23.0 Å². The predicted octanol–water partition coefficient (Wildman–Crippen LogP) is 4.65. The molecule has 0 bridgehead atoms. The van der Waals surface area contributed by atoms with Crippen LogP contribution >= 0.6 is 23.2 Å². The molecule has 150 valence electrons. The molecule has 0 atom stereocenters. The number of carbonyl (C=O) groups excluding carboxylic acids is 1. The first kappa shape index (κ1) is 21.7. The van der Waals surface area contributed by atoms with E-state index < -0.39 is 5.97 Å². The van der Waals surface area contributed by atoms with Crippen molar-refractivity contribution >= 4 is 35.2 Å². The van der Waals surface area contributed by atoms with E-state index in [-0.39, 0.29) is 13.2 Å². The van der Waals surface area contributed by atoms with Crippen LogP contribution in [0, 0.1) is 0 Å². The zero-order valence-electron chi connectivity index (χ0n) is 15.7. The van der Waals surface area contributed by atoms with Gasteiger partial charge in [-0.15, -0.1) is 0 Å². The molecule has 0 amide bonds. The largest absolute Gasteiger partial charge is 0.493 e. The van der Waals surface area contributed by atoms with Gasteiger partial charge in [0.15, 0.2) is 11.5 Å². The third-order valence-corrected chi connectivity index (χ3v) is 4.11. The Bertz CT molecular complexity index is 826. The van der Waals surface area contributed by atoms with E-state index in [1.54, 1.807) is 36.4 Å². The molecule has 0 aliphatic heterocycles. The fourth-order valence-electron chi connectivity index (χ4n) is 2.30. The third-order valence-electron chi connectivity index (χ3n) is 3.58. The molecule has 2 aromatic rings. The average molecular weight is 427 g/mol. The second-order valence-corrected chi connectivity index (χ2v) is 6.23. The van der Waals surface area contributed by atoms with Crippen molar-refractivity contribution in [3.8, 4) is 23.0 Å². The minimum atomic E-state index is -0.514. The Hall–Kier alpha value is -2.57. The highest BCUT2D eigenvalue weighted by atomic mass is 35.5. The summed E-state index contributed by atoms with van der Waals surface area (Å²) in [6.07, 6.45) is 2.89. The van der Waals surface area contributed by atoms with E-state index >= 15 is 0 Å². The maximum atomic E-state index is 11.9. The van der Waals surface area contributed by atoms with E-state index in [4.69, 9.17) is 46.9 Å². The lowest BCUT2D eigenvalue weighted by molar-refractivity contribution is -0.138. The van der Waals surface area contributed by atoms with Crippen LogP contribution in [0.1, 0.15) is 5.56 Å². The molecule has 0 saturated carbocycles. The summed E-state index contributed by atoms with van der Waals surface area (Å²) >= 11 is 11.8. The zero-order chi connectivity index (χ0) is 20.5. The van der Waals surface area contributed by atoms with Crippen LogP contribution in [0.3, 0.4) is 0 Å². The number of carbonyl (C=O) groups is 1. The number of methoxy groups -OCH3 is 3. The topological polar surface area (TPSA) is 63.2 Å². The van der Waals surface area contributed by atoms with E-state index in [2.05, 4.69) is 0 Å². The first-order valence-electron chi connectivity index (χ1n) is 8.21. The van der Waals surface area contributed by atoms with Crippen molar-refractivity contribution in [2.75, 3.05) is 34.5 Å². The van der Waals surface area contributed by atoms with Gasteiger partial charge in [-0.3, -0.25) is 0 Å². The minimum absolute atomic E-state index is 0.0668. The lowest BCUT2D eigenvalue weighted by Crippen LogP contribution is -2.10. The summed E-state index contributed by atoms with van der Waals surface area (Å²) in [4.78, 5) is 11.9. The maximum absolute atomic E-state index is 11.9. The Labute approximate surface area is 173 Å². The van der Waals surface area contributed by atoms with Gasteiger partial charge in [0.2, 0.25) is 5.75 Å². The lowest BCUT2D eigenvalue weighted by Gasteiger charge is -2.12. The van der Waals surface area contributed by atoms with Crippen LogP contribution in [0.15, 0.2) is 36.4 Å². The summed E-state index contributed by atoms with van der Waals surface area (Å²) in [6, 6.07) is 8.32. The first-order chi connectivity index (χ1) is 13.5. The quantitative estimate of drug-likeness (QED) is 0.330. The van der Waals surface area contributed by atoms with Gasteiger partial charge >= 0.3 is 5.97 Å². The molecular formula is C20H20Cl2O6. The fourth-order valence-corrected chi connectivity index (χ4v) is 2.76. The summed E-state index contributed by atoms with van der Waals surface area (Å²) in [5, 5.41) is 0.904. The van der Waals surface area contributed by atoms with Crippen LogP contribution in [0.4, 0.5) is 0 Å². The molecule has 6 nitrogen and oxygen atoms in total. The summed E-state index contributed by atoms with van der Waals surface area (Å²) in [5.41, 5.74) is 0.690. The standard InChI is InChI=1S/C20H20Cl2O6/c1-24-17-10-13(11-18(25-2)20(17)26-3)4-7-19(23)28-9-8-27-16-6-5-14(21)12-15(16)22/h4-7,10-12H,8-9H2,1-3H3. The van der Waals surface area contributed by atoms with Gasteiger partial charge in [0.1, 0.15) is 19.0 Å². The molecule has 0 saturated heterocycles. The van der Waals surface area contributed by atoms with Crippen molar-refractivity contribution in [2.45, 2.75) is 0 Å². The number of esters is 1. The molecule has 0 aromatic heterocycles. The second kappa shape index (κ2) is 10.7. The van der Waals surface area contributed by atoms with Crippen LogP contribution in [0.25, 0.3) is 6.08 Å². The summed E-state index contributed by atoms with van der Waals surface area (Å²) in [6.45, 7) is 0.225. The fraction of sp³-hybridized carbons (Fsp3) is 0.250. The van der Waals surface area contributed by atoms with Gasteiger partial charge in [-0.05, 0) is 42.0 Å². The van der Waals surface area contributed by atoms with Gasteiger partial charge in [-0.25, -0.2) is 4.79 Å². The smallest absolute Gasteiger partial charge is 0.330 e. The van der Waals surface area contributed by atoms with Gasteiger partial charge in [0.05, 0.1) is 26.4 Å². The molecule has 0 unspecified atom stereocenters. The molecule has 2 rings (SSSR count). The molecule has 0 heterocycles.